The van der Waals surface area contributed by atoms with Crippen molar-refractivity contribution in [3.63, 3.8) is 0 Å². The summed E-state index contributed by atoms with van der Waals surface area (Å²) >= 11 is 0. The standard InChI is InChI=1S/C19H29N5O3/c1-14(2)21-18(26)23-10-5-19(6-11-23)17-20-7-12-24(17)13-15(27-19)16(25)22-8-3-4-9-22/h7,12,14-15H,3-6,8-11,13H2,1-2H3,(H,21,26)/t15-/m0/s1. The Balaban J connectivity index is 1.50. The lowest BCUT2D eigenvalue weighted by Gasteiger charge is -2.46. The fourth-order valence-electron chi connectivity index (χ4n) is 4.42. The average Bonchev–Trinajstić information content (AvgIpc) is 3.33. The number of ether oxygens (including phenoxy) is 1. The number of nitrogens with zero attached hydrogens (tertiary/aromatic N) is 4. The van der Waals surface area contributed by atoms with Crippen LogP contribution in [-0.4, -0.2) is 69.6 Å². The Bertz CT molecular complexity index is 702. The molecular weight excluding hydrogens is 346 g/mol. The SMILES string of the molecule is CC(C)NC(=O)N1CCC2(CC1)O[C@H](C(=O)N1CCCC1)Cn1ccnc12. The highest BCUT2D eigenvalue weighted by Gasteiger charge is 2.48. The molecule has 0 aliphatic carbocycles. The van der Waals surface area contributed by atoms with Gasteiger partial charge in [0.15, 0.2) is 6.10 Å². The summed E-state index contributed by atoms with van der Waals surface area (Å²) in [6, 6.07) is 0.0735. The second-order valence-corrected chi connectivity index (χ2v) is 8.13. The number of amides is 3. The summed E-state index contributed by atoms with van der Waals surface area (Å²) in [4.78, 5) is 33.5. The maximum atomic E-state index is 12.9. The third-order valence-corrected chi connectivity index (χ3v) is 5.82. The number of carbonyl (C=O) groups is 2. The quantitative estimate of drug-likeness (QED) is 0.845. The van der Waals surface area contributed by atoms with Crippen molar-refractivity contribution >= 4 is 11.9 Å². The van der Waals surface area contributed by atoms with Crippen molar-refractivity contribution in [2.45, 2.75) is 63.8 Å². The van der Waals surface area contributed by atoms with Crippen molar-refractivity contribution in [1.82, 2.24) is 24.7 Å². The zero-order valence-corrected chi connectivity index (χ0v) is 16.2. The summed E-state index contributed by atoms with van der Waals surface area (Å²) in [6.45, 7) is 7.27. The molecule has 148 valence electrons. The molecule has 3 amide bonds. The molecule has 3 aliphatic rings. The first-order chi connectivity index (χ1) is 13.0. The van der Waals surface area contributed by atoms with Crippen LogP contribution in [0.3, 0.4) is 0 Å². The van der Waals surface area contributed by atoms with Crippen LogP contribution in [0.2, 0.25) is 0 Å². The van der Waals surface area contributed by atoms with E-state index in [9.17, 15) is 9.59 Å². The van der Waals surface area contributed by atoms with Crippen molar-refractivity contribution in [1.29, 1.82) is 0 Å². The number of nitrogens with one attached hydrogen (secondary N) is 1. The zero-order chi connectivity index (χ0) is 19.0. The molecule has 0 bridgehead atoms. The van der Waals surface area contributed by atoms with Crippen LogP contribution in [0.4, 0.5) is 4.79 Å². The second kappa shape index (κ2) is 7.14. The predicted octanol–water partition coefficient (Wildman–Crippen LogP) is 1.31. The highest BCUT2D eigenvalue weighted by molar-refractivity contribution is 5.81. The largest absolute Gasteiger partial charge is 0.352 e. The van der Waals surface area contributed by atoms with E-state index in [1.807, 2.05) is 29.8 Å². The molecular formula is C19H29N5O3. The monoisotopic (exact) mass is 375 g/mol. The summed E-state index contributed by atoms with van der Waals surface area (Å²) in [7, 11) is 0. The fourth-order valence-corrected chi connectivity index (χ4v) is 4.42. The number of hydrogen-bond donors (Lipinski definition) is 1. The zero-order valence-electron chi connectivity index (χ0n) is 16.2. The van der Waals surface area contributed by atoms with E-state index in [1.165, 1.54) is 0 Å². The van der Waals surface area contributed by atoms with Crippen LogP contribution >= 0.6 is 0 Å². The van der Waals surface area contributed by atoms with E-state index in [4.69, 9.17) is 4.74 Å². The topological polar surface area (TPSA) is 79.7 Å². The summed E-state index contributed by atoms with van der Waals surface area (Å²) in [5, 5.41) is 2.95. The van der Waals surface area contributed by atoms with Crippen molar-refractivity contribution in [3.8, 4) is 0 Å². The van der Waals surface area contributed by atoms with Gasteiger partial charge >= 0.3 is 6.03 Å². The van der Waals surface area contributed by atoms with Crippen molar-refractivity contribution in [2.75, 3.05) is 26.2 Å². The maximum absolute atomic E-state index is 12.9. The lowest BCUT2D eigenvalue weighted by molar-refractivity contribution is -0.179. The summed E-state index contributed by atoms with van der Waals surface area (Å²) < 4.78 is 8.51. The Labute approximate surface area is 159 Å². The van der Waals surface area contributed by atoms with E-state index < -0.39 is 11.7 Å². The number of hydrogen-bond acceptors (Lipinski definition) is 4. The molecule has 0 saturated carbocycles. The molecule has 3 aliphatic heterocycles. The number of likely N-dealkylation sites (tertiary alicyclic amines) is 2. The van der Waals surface area contributed by atoms with Gasteiger partial charge in [0.05, 0.1) is 6.54 Å². The third kappa shape index (κ3) is 3.42. The van der Waals surface area contributed by atoms with Crippen molar-refractivity contribution < 1.29 is 14.3 Å². The Morgan fingerprint density at radius 1 is 1.19 bits per heavy atom. The van der Waals surface area contributed by atoms with Crippen LogP contribution in [0.5, 0.6) is 0 Å². The summed E-state index contributed by atoms with van der Waals surface area (Å²) in [6.07, 6.45) is 6.68. The minimum Gasteiger partial charge on any atom is -0.352 e. The van der Waals surface area contributed by atoms with E-state index in [-0.39, 0.29) is 18.0 Å². The molecule has 1 N–H and O–H groups in total. The number of aromatic nitrogens is 2. The number of rotatable bonds is 2. The van der Waals surface area contributed by atoms with Crippen molar-refractivity contribution in [2.24, 2.45) is 0 Å². The van der Waals surface area contributed by atoms with Gasteiger partial charge < -0.3 is 24.4 Å². The van der Waals surface area contributed by atoms with Gasteiger partial charge in [-0.1, -0.05) is 0 Å². The molecule has 0 aromatic carbocycles. The van der Waals surface area contributed by atoms with E-state index in [0.717, 1.165) is 31.8 Å². The summed E-state index contributed by atoms with van der Waals surface area (Å²) in [5.74, 6) is 0.975. The number of fused-ring (bicyclic) bond motifs is 2. The van der Waals surface area contributed by atoms with Gasteiger partial charge in [0.1, 0.15) is 11.4 Å². The molecule has 2 fully saturated rings. The first kappa shape index (κ1) is 18.3. The molecule has 4 rings (SSSR count). The molecule has 8 heteroatoms. The first-order valence-electron chi connectivity index (χ1n) is 10.0. The van der Waals surface area contributed by atoms with Gasteiger partial charge in [-0.25, -0.2) is 9.78 Å². The third-order valence-electron chi connectivity index (χ3n) is 5.82. The predicted molar refractivity (Wildman–Crippen MR) is 99.1 cm³/mol. The van der Waals surface area contributed by atoms with E-state index in [0.29, 0.717) is 32.5 Å². The van der Waals surface area contributed by atoms with Crippen LogP contribution in [-0.2, 0) is 21.7 Å². The second-order valence-electron chi connectivity index (χ2n) is 8.13. The van der Waals surface area contributed by atoms with E-state index in [1.54, 1.807) is 6.20 Å². The van der Waals surface area contributed by atoms with Crippen molar-refractivity contribution in [3.05, 3.63) is 18.2 Å². The Kier molecular flexibility index (Phi) is 4.84. The van der Waals surface area contributed by atoms with Gasteiger partial charge in [0.25, 0.3) is 5.91 Å². The Morgan fingerprint density at radius 2 is 1.89 bits per heavy atom. The van der Waals surface area contributed by atoms with Gasteiger partial charge in [-0.15, -0.1) is 0 Å². The normalized spacial score (nSPS) is 24.3. The van der Waals surface area contributed by atoms with Crippen LogP contribution in [0, 0.1) is 0 Å². The molecule has 27 heavy (non-hydrogen) atoms. The average molecular weight is 375 g/mol. The molecule has 1 atom stereocenters. The van der Waals surface area contributed by atoms with Crippen LogP contribution in [0.1, 0.15) is 45.4 Å². The lowest BCUT2D eigenvalue weighted by Crippen LogP contribution is -2.56. The molecule has 8 nitrogen and oxygen atoms in total. The van der Waals surface area contributed by atoms with Gasteiger partial charge in [0.2, 0.25) is 0 Å². The minimum atomic E-state index is -0.587. The van der Waals surface area contributed by atoms with Crippen LogP contribution < -0.4 is 5.32 Å². The number of imidazole rings is 1. The maximum Gasteiger partial charge on any atom is 0.317 e. The molecule has 2 saturated heterocycles. The number of carbonyl (C=O) groups excluding carboxylic acids is 2. The first-order valence-corrected chi connectivity index (χ1v) is 10.0. The fraction of sp³-hybridized carbons (Fsp3) is 0.737. The van der Waals surface area contributed by atoms with Gasteiger partial charge in [-0.05, 0) is 26.7 Å². The Hall–Kier alpha value is -2.09. The number of urea groups is 1. The highest BCUT2D eigenvalue weighted by Crippen LogP contribution is 2.40. The smallest absolute Gasteiger partial charge is 0.317 e. The lowest BCUT2D eigenvalue weighted by atomic mass is 9.88. The van der Waals surface area contributed by atoms with Crippen LogP contribution in [0.15, 0.2) is 12.4 Å². The highest BCUT2D eigenvalue weighted by atomic mass is 16.5. The minimum absolute atomic E-state index is 0.0382. The molecule has 1 aromatic heterocycles. The molecule has 0 unspecified atom stereocenters. The molecule has 0 radical (unpaired) electrons. The summed E-state index contributed by atoms with van der Waals surface area (Å²) in [5.41, 5.74) is -0.587. The van der Waals surface area contributed by atoms with E-state index >= 15 is 0 Å². The molecule has 1 spiro atoms. The molecule has 4 heterocycles. The van der Waals surface area contributed by atoms with Crippen LogP contribution in [0.25, 0.3) is 0 Å². The number of piperidine rings is 1. The van der Waals surface area contributed by atoms with Gasteiger partial charge in [-0.3, -0.25) is 4.79 Å². The molecule has 1 aromatic rings. The Morgan fingerprint density at radius 3 is 2.56 bits per heavy atom. The van der Waals surface area contributed by atoms with E-state index in [2.05, 4.69) is 14.9 Å². The van der Waals surface area contributed by atoms with Gasteiger partial charge in [-0.2, -0.15) is 0 Å². The van der Waals surface area contributed by atoms with Gasteiger partial charge in [0, 0.05) is 57.5 Å².